The molecule has 0 aromatic heterocycles. The normalized spacial score (nSPS) is 14.4. The van der Waals surface area contributed by atoms with Crippen LogP contribution in [0.3, 0.4) is 0 Å². The molecule has 7 heteroatoms. The van der Waals surface area contributed by atoms with E-state index in [1.54, 1.807) is 24.0 Å². The van der Waals surface area contributed by atoms with Crippen LogP contribution in [0.15, 0.2) is 42.5 Å². The molecule has 2 aromatic carbocycles. The highest BCUT2D eigenvalue weighted by Crippen LogP contribution is 2.31. The van der Waals surface area contributed by atoms with E-state index < -0.39 is 6.04 Å². The van der Waals surface area contributed by atoms with Crippen molar-refractivity contribution in [3.63, 3.8) is 0 Å². The molecule has 6 nitrogen and oxygen atoms in total. The molecule has 0 radical (unpaired) electrons. The van der Waals surface area contributed by atoms with Gasteiger partial charge in [-0.15, -0.1) is 0 Å². The molecule has 0 bridgehead atoms. The molecular weight excluding hydrogens is 428 g/mol. The highest BCUT2D eigenvalue weighted by atomic mass is 35.5. The van der Waals surface area contributed by atoms with Crippen LogP contribution >= 0.6 is 11.6 Å². The number of hydrogen-bond acceptors (Lipinski definition) is 4. The zero-order valence-electron chi connectivity index (χ0n) is 18.9. The Kier molecular flexibility index (Phi) is 8.39. The minimum Gasteiger partial charge on any atom is -0.486 e. The number of aryl methyl sites for hydroxylation is 1. The summed E-state index contributed by atoms with van der Waals surface area (Å²) in [4.78, 5) is 27.7. The number of hydrogen-bond donors (Lipinski definition) is 1. The Labute approximate surface area is 194 Å². The number of halogens is 1. The summed E-state index contributed by atoms with van der Waals surface area (Å²) in [6.45, 7) is 7.15. The molecule has 0 spiro atoms. The molecule has 0 saturated carbocycles. The molecular formula is C25H31ClN2O4. The Bertz CT molecular complexity index is 932. The number of amides is 2. The minimum absolute atomic E-state index is 0.0511. The van der Waals surface area contributed by atoms with E-state index in [1.807, 2.05) is 44.2 Å². The number of ether oxygens (including phenoxy) is 2. The SMILES string of the molecule is CC[C@@H](C)NC(=O)[C@H](C)N(Cc1ccc(Cl)cc1)C(=O)CCc1ccc2c(c1)OCCO2. The highest BCUT2D eigenvalue weighted by Gasteiger charge is 2.26. The second-order valence-electron chi connectivity index (χ2n) is 8.12. The molecule has 32 heavy (non-hydrogen) atoms. The summed E-state index contributed by atoms with van der Waals surface area (Å²) < 4.78 is 11.2. The summed E-state index contributed by atoms with van der Waals surface area (Å²) in [6, 6.07) is 12.5. The lowest BCUT2D eigenvalue weighted by molar-refractivity contribution is -0.140. The number of nitrogens with zero attached hydrogens (tertiary/aromatic N) is 1. The molecule has 1 aliphatic heterocycles. The highest BCUT2D eigenvalue weighted by molar-refractivity contribution is 6.30. The van der Waals surface area contributed by atoms with Gasteiger partial charge in [-0.3, -0.25) is 9.59 Å². The van der Waals surface area contributed by atoms with Crippen molar-refractivity contribution in [2.45, 2.75) is 58.7 Å². The van der Waals surface area contributed by atoms with E-state index >= 15 is 0 Å². The molecule has 1 aliphatic rings. The maximum Gasteiger partial charge on any atom is 0.242 e. The molecule has 1 heterocycles. The van der Waals surface area contributed by atoms with Crippen LogP contribution in [0.4, 0.5) is 0 Å². The quantitative estimate of drug-likeness (QED) is 0.605. The summed E-state index contributed by atoms with van der Waals surface area (Å²) in [5.74, 6) is 1.20. The van der Waals surface area contributed by atoms with Crippen molar-refractivity contribution < 1.29 is 19.1 Å². The molecule has 0 saturated heterocycles. The second-order valence-corrected chi connectivity index (χ2v) is 8.56. The van der Waals surface area contributed by atoms with E-state index in [-0.39, 0.29) is 24.3 Å². The molecule has 0 fully saturated rings. The maximum atomic E-state index is 13.2. The van der Waals surface area contributed by atoms with Crippen molar-refractivity contribution in [2.75, 3.05) is 13.2 Å². The van der Waals surface area contributed by atoms with Crippen molar-refractivity contribution in [1.29, 1.82) is 0 Å². The monoisotopic (exact) mass is 458 g/mol. The zero-order chi connectivity index (χ0) is 23.1. The topological polar surface area (TPSA) is 67.9 Å². The number of fused-ring (bicyclic) bond motifs is 1. The van der Waals surface area contributed by atoms with Gasteiger partial charge in [-0.2, -0.15) is 0 Å². The fourth-order valence-corrected chi connectivity index (χ4v) is 3.60. The Morgan fingerprint density at radius 3 is 2.38 bits per heavy atom. The Hall–Kier alpha value is -2.73. The Morgan fingerprint density at radius 1 is 1.03 bits per heavy atom. The lowest BCUT2D eigenvalue weighted by Gasteiger charge is -2.30. The van der Waals surface area contributed by atoms with Gasteiger partial charge in [0, 0.05) is 24.0 Å². The zero-order valence-corrected chi connectivity index (χ0v) is 19.7. The number of rotatable bonds is 9. The third-order valence-corrected chi connectivity index (χ3v) is 5.92. The van der Waals surface area contributed by atoms with Gasteiger partial charge >= 0.3 is 0 Å². The maximum absolute atomic E-state index is 13.2. The lowest BCUT2D eigenvalue weighted by atomic mass is 10.1. The summed E-state index contributed by atoms with van der Waals surface area (Å²) >= 11 is 6.00. The van der Waals surface area contributed by atoms with Gasteiger partial charge in [0.05, 0.1) is 0 Å². The van der Waals surface area contributed by atoms with E-state index in [4.69, 9.17) is 21.1 Å². The third kappa shape index (κ3) is 6.39. The first-order valence-corrected chi connectivity index (χ1v) is 11.5. The van der Waals surface area contributed by atoms with E-state index in [0.29, 0.717) is 37.0 Å². The average Bonchev–Trinajstić information content (AvgIpc) is 2.81. The first kappa shape index (κ1) is 23.9. The molecule has 3 rings (SSSR count). The molecule has 2 amide bonds. The second kappa shape index (κ2) is 11.2. The van der Waals surface area contributed by atoms with E-state index in [9.17, 15) is 9.59 Å². The summed E-state index contributed by atoms with van der Waals surface area (Å²) in [7, 11) is 0. The van der Waals surface area contributed by atoms with Crippen LogP contribution in [0.2, 0.25) is 5.02 Å². The van der Waals surface area contributed by atoms with Crippen molar-refractivity contribution in [3.05, 3.63) is 58.6 Å². The number of carbonyl (C=O) groups is 2. The van der Waals surface area contributed by atoms with Crippen LogP contribution in [0.25, 0.3) is 0 Å². The van der Waals surface area contributed by atoms with Gasteiger partial charge in [-0.25, -0.2) is 0 Å². The van der Waals surface area contributed by atoms with Gasteiger partial charge < -0.3 is 19.7 Å². The minimum atomic E-state index is -0.590. The van der Waals surface area contributed by atoms with Crippen LogP contribution in [0.5, 0.6) is 11.5 Å². The molecule has 2 aromatic rings. The first-order valence-electron chi connectivity index (χ1n) is 11.1. The van der Waals surface area contributed by atoms with Gasteiger partial charge in [0.15, 0.2) is 11.5 Å². The largest absolute Gasteiger partial charge is 0.486 e. The summed E-state index contributed by atoms with van der Waals surface area (Å²) in [5, 5.41) is 3.62. The number of nitrogens with one attached hydrogen (secondary N) is 1. The standard InChI is InChI=1S/C25H31ClN2O4/c1-4-17(2)27-25(30)18(3)28(16-20-5-9-21(26)10-6-20)24(29)12-8-19-7-11-22-23(15-19)32-14-13-31-22/h5-7,9-11,15,17-18H,4,8,12-14,16H2,1-3H3,(H,27,30)/t17-,18+/m1/s1. The van der Waals surface area contributed by atoms with Crippen LogP contribution in [-0.2, 0) is 22.6 Å². The van der Waals surface area contributed by atoms with Crippen LogP contribution in [0.1, 0.15) is 44.7 Å². The molecule has 1 N–H and O–H groups in total. The lowest BCUT2D eigenvalue weighted by Crippen LogP contribution is -2.49. The summed E-state index contributed by atoms with van der Waals surface area (Å²) in [6.07, 6.45) is 1.66. The van der Waals surface area contributed by atoms with Crippen molar-refractivity contribution in [2.24, 2.45) is 0 Å². The van der Waals surface area contributed by atoms with Crippen molar-refractivity contribution >= 4 is 23.4 Å². The van der Waals surface area contributed by atoms with Crippen LogP contribution < -0.4 is 14.8 Å². The average molecular weight is 459 g/mol. The molecule has 172 valence electrons. The van der Waals surface area contributed by atoms with E-state index in [1.165, 1.54) is 0 Å². The summed E-state index contributed by atoms with van der Waals surface area (Å²) in [5.41, 5.74) is 1.91. The third-order valence-electron chi connectivity index (χ3n) is 5.67. The van der Waals surface area contributed by atoms with Gasteiger partial charge in [0.1, 0.15) is 19.3 Å². The van der Waals surface area contributed by atoms with Crippen molar-refractivity contribution in [3.8, 4) is 11.5 Å². The van der Waals surface area contributed by atoms with Gasteiger partial charge in [0.2, 0.25) is 11.8 Å². The fourth-order valence-electron chi connectivity index (χ4n) is 3.47. The van der Waals surface area contributed by atoms with E-state index in [0.717, 1.165) is 23.3 Å². The fraction of sp³-hybridized carbons (Fsp3) is 0.440. The predicted octanol–water partition coefficient (Wildman–Crippen LogP) is 4.38. The first-order chi connectivity index (χ1) is 15.4. The van der Waals surface area contributed by atoms with E-state index in [2.05, 4.69) is 5.32 Å². The number of carbonyl (C=O) groups excluding carboxylic acids is 2. The predicted molar refractivity (Wildman–Crippen MR) is 125 cm³/mol. The van der Waals surface area contributed by atoms with Gasteiger partial charge in [-0.05, 0) is 62.1 Å². The van der Waals surface area contributed by atoms with Gasteiger partial charge in [0.25, 0.3) is 0 Å². The molecule has 0 unspecified atom stereocenters. The number of benzene rings is 2. The molecule has 2 atom stereocenters. The Balaban J connectivity index is 1.71. The van der Waals surface area contributed by atoms with Crippen molar-refractivity contribution in [1.82, 2.24) is 10.2 Å². The van der Waals surface area contributed by atoms with Crippen LogP contribution in [0, 0.1) is 0 Å². The van der Waals surface area contributed by atoms with Gasteiger partial charge in [-0.1, -0.05) is 36.7 Å². The van der Waals surface area contributed by atoms with Crippen LogP contribution in [-0.4, -0.2) is 42.0 Å². The smallest absolute Gasteiger partial charge is 0.242 e. The molecule has 0 aliphatic carbocycles. The Morgan fingerprint density at radius 2 is 1.69 bits per heavy atom.